The summed E-state index contributed by atoms with van der Waals surface area (Å²) >= 11 is 0. The van der Waals surface area contributed by atoms with Crippen LogP contribution in [0.1, 0.15) is 0 Å². The molecule has 0 radical (unpaired) electrons. The minimum atomic E-state index is 1.09. The largest absolute Gasteiger partial charge is 0.310 e. The average Bonchev–Trinajstić information content (AvgIpc) is 3.70. The van der Waals surface area contributed by atoms with Gasteiger partial charge in [0, 0.05) is 33.5 Å². The fraction of sp³-hybridized carbons (Fsp3) is 0. The molecule has 11 aromatic rings. The molecule has 0 atom stereocenters. The van der Waals surface area contributed by atoms with Gasteiger partial charge in [-0.3, -0.25) is 0 Å². The molecule has 0 saturated carbocycles. The molecule has 0 spiro atoms. The van der Waals surface area contributed by atoms with Gasteiger partial charge in [-0.25, -0.2) is 0 Å². The summed E-state index contributed by atoms with van der Waals surface area (Å²) in [4.78, 5) is 2.37. The minimum absolute atomic E-state index is 1.09. The maximum absolute atomic E-state index is 2.39. The van der Waals surface area contributed by atoms with Gasteiger partial charge >= 0.3 is 0 Å². The summed E-state index contributed by atoms with van der Waals surface area (Å²) in [5, 5.41) is 2.52. The quantitative estimate of drug-likeness (QED) is 0.141. The molecule has 2 heteroatoms. The lowest BCUT2D eigenvalue weighted by atomic mass is 9.99. The van der Waals surface area contributed by atoms with Crippen molar-refractivity contribution in [3.05, 3.63) is 255 Å². The second kappa shape index (κ2) is 16.1. The molecule has 1 aromatic heterocycles. The van der Waals surface area contributed by atoms with Crippen LogP contribution in [-0.4, -0.2) is 4.57 Å². The first kappa shape index (κ1) is 36.8. The van der Waals surface area contributed by atoms with Crippen molar-refractivity contribution in [3.63, 3.8) is 0 Å². The Bertz CT molecular complexity index is 3110. The van der Waals surface area contributed by atoms with Crippen molar-refractivity contribution in [2.45, 2.75) is 0 Å². The van der Waals surface area contributed by atoms with E-state index in [-0.39, 0.29) is 0 Å². The lowest BCUT2D eigenvalue weighted by Gasteiger charge is -2.26. The Labute approximate surface area is 362 Å². The zero-order valence-corrected chi connectivity index (χ0v) is 34.1. The van der Waals surface area contributed by atoms with Gasteiger partial charge in [-0.1, -0.05) is 194 Å². The van der Waals surface area contributed by atoms with E-state index in [9.17, 15) is 0 Å². The molecule has 0 N–H and O–H groups in total. The highest BCUT2D eigenvalue weighted by Crippen LogP contribution is 2.40. The Balaban J connectivity index is 0.959. The highest BCUT2D eigenvalue weighted by atomic mass is 15.1. The summed E-state index contributed by atoms with van der Waals surface area (Å²) in [6.45, 7) is 0. The zero-order chi connectivity index (χ0) is 41.2. The number of hydrogen-bond donors (Lipinski definition) is 0. The molecule has 62 heavy (non-hydrogen) atoms. The van der Waals surface area contributed by atoms with Gasteiger partial charge in [-0.15, -0.1) is 0 Å². The number of para-hydroxylation sites is 2. The Morgan fingerprint density at radius 1 is 0.226 bits per heavy atom. The molecule has 0 aliphatic rings. The predicted molar refractivity (Wildman–Crippen MR) is 263 cm³/mol. The van der Waals surface area contributed by atoms with Gasteiger partial charge < -0.3 is 9.47 Å². The molecule has 1 heterocycles. The smallest absolute Gasteiger partial charge is 0.0541 e. The van der Waals surface area contributed by atoms with E-state index >= 15 is 0 Å². The minimum Gasteiger partial charge on any atom is -0.310 e. The van der Waals surface area contributed by atoms with Crippen LogP contribution in [0.2, 0.25) is 0 Å². The lowest BCUT2D eigenvalue weighted by Crippen LogP contribution is -2.10. The van der Waals surface area contributed by atoms with Crippen LogP contribution in [0.5, 0.6) is 0 Å². The summed E-state index contributed by atoms with van der Waals surface area (Å²) in [5.74, 6) is 0. The number of hydrogen-bond acceptors (Lipinski definition) is 1. The molecule has 11 rings (SSSR count). The number of rotatable bonds is 9. The third-order valence-electron chi connectivity index (χ3n) is 12.0. The molecule has 0 aliphatic heterocycles. The first-order valence-electron chi connectivity index (χ1n) is 21.2. The normalized spacial score (nSPS) is 11.2. The molecule has 0 amide bonds. The first-order chi connectivity index (χ1) is 30.7. The van der Waals surface area contributed by atoms with E-state index in [1.807, 2.05) is 0 Å². The van der Waals surface area contributed by atoms with Crippen molar-refractivity contribution in [2.75, 3.05) is 4.90 Å². The Kier molecular flexibility index (Phi) is 9.57. The molecular weight excluding hydrogens is 749 g/mol. The van der Waals surface area contributed by atoms with Crippen LogP contribution < -0.4 is 4.90 Å². The predicted octanol–water partition coefficient (Wildman–Crippen LogP) is 16.6. The molecule has 0 fully saturated rings. The van der Waals surface area contributed by atoms with Gasteiger partial charge in [0.2, 0.25) is 0 Å². The van der Waals surface area contributed by atoms with Crippen LogP contribution >= 0.6 is 0 Å². The van der Waals surface area contributed by atoms with E-state index < -0.39 is 0 Å². The fourth-order valence-electron chi connectivity index (χ4n) is 8.87. The van der Waals surface area contributed by atoms with Crippen LogP contribution in [0.4, 0.5) is 17.1 Å². The van der Waals surface area contributed by atoms with Crippen LogP contribution in [0, 0.1) is 0 Å². The Morgan fingerprint density at radius 2 is 0.565 bits per heavy atom. The molecule has 0 bridgehead atoms. The van der Waals surface area contributed by atoms with Crippen LogP contribution in [0.3, 0.4) is 0 Å². The van der Waals surface area contributed by atoms with Crippen molar-refractivity contribution in [1.29, 1.82) is 0 Å². The highest BCUT2D eigenvalue weighted by molar-refractivity contribution is 6.09. The number of fused-ring (bicyclic) bond motifs is 3. The third kappa shape index (κ3) is 7.04. The van der Waals surface area contributed by atoms with Crippen molar-refractivity contribution >= 4 is 38.9 Å². The second-order valence-corrected chi connectivity index (χ2v) is 15.8. The molecule has 0 saturated heterocycles. The fourth-order valence-corrected chi connectivity index (χ4v) is 8.87. The summed E-state index contributed by atoms with van der Waals surface area (Å²) in [7, 11) is 0. The van der Waals surface area contributed by atoms with Crippen molar-refractivity contribution < 1.29 is 0 Å². The molecule has 292 valence electrons. The average molecular weight is 791 g/mol. The van der Waals surface area contributed by atoms with Crippen LogP contribution in [0.25, 0.3) is 83.1 Å². The SMILES string of the molecule is c1ccc(-c2ccc(-c3ccc(N(c4ccc(-c5ccc(-c6ccccc6)cc5)cc4)c4cccc(-c5cccc(-n6c7ccccc7c7ccccc76)c5)c4)cc3)cc2)cc1. The molecule has 0 unspecified atom stereocenters. The Morgan fingerprint density at radius 3 is 1.02 bits per heavy atom. The van der Waals surface area contributed by atoms with Gasteiger partial charge in [0.25, 0.3) is 0 Å². The number of benzene rings is 10. The highest BCUT2D eigenvalue weighted by Gasteiger charge is 2.16. The maximum atomic E-state index is 2.39. The monoisotopic (exact) mass is 790 g/mol. The van der Waals surface area contributed by atoms with E-state index in [4.69, 9.17) is 0 Å². The van der Waals surface area contributed by atoms with Crippen LogP contribution in [0.15, 0.2) is 255 Å². The second-order valence-electron chi connectivity index (χ2n) is 15.8. The maximum Gasteiger partial charge on any atom is 0.0541 e. The van der Waals surface area contributed by atoms with E-state index in [2.05, 4.69) is 264 Å². The van der Waals surface area contributed by atoms with Crippen molar-refractivity contribution in [1.82, 2.24) is 4.57 Å². The van der Waals surface area contributed by atoms with Crippen molar-refractivity contribution in [3.8, 4) is 61.3 Å². The lowest BCUT2D eigenvalue weighted by molar-refractivity contribution is 1.18. The summed E-state index contributed by atoms with van der Waals surface area (Å²) in [5.41, 5.74) is 18.7. The van der Waals surface area contributed by atoms with E-state index in [1.165, 1.54) is 66.3 Å². The van der Waals surface area contributed by atoms with E-state index in [0.717, 1.165) is 33.9 Å². The summed E-state index contributed by atoms with van der Waals surface area (Å²) < 4.78 is 2.39. The van der Waals surface area contributed by atoms with Crippen LogP contribution in [-0.2, 0) is 0 Å². The van der Waals surface area contributed by atoms with Gasteiger partial charge in [0.15, 0.2) is 0 Å². The van der Waals surface area contributed by atoms with Gasteiger partial charge in [0.1, 0.15) is 0 Å². The summed E-state index contributed by atoms with van der Waals surface area (Å²) in [6, 6.07) is 92.0. The van der Waals surface area contributed by atoms with E-state index in [0.29, 0.717) is 0 Å². The topological polar surface area (TPSA) is 8.17 Å². The summed E-state index contributed by atoms with van der Waals surface area (Å²) in [6.07, 6.45) is 0. The van der Waals surface area contributed by atoms with Crippen molar-refractivity contribution in [2.24, 2.45) is 0 Å². The van der Waals surface area contributed by atoms with E-state index in [1.54, 1.807) is 0 Å². The van der Waals surface area contributed by atoms with Gasteiger partial charge in [0.05, 0.1) is 11.0 Å². The zero-order valence-electron chi connectivity index (χ0n) is 34.1. The molecule has 0 aliphatic carbocycles. The first-order valence-corrected chi connectivity index (χ1v) is 21.2. The number of aromatic nitrogens is 1. The molecule has 2 nitrogen and oxygen atoms in total. The van der Waals surface area contributed by atoms with Gasteiger partial charge in [-0.05, 0) is 116 Å². The van der Waals surface area contributed by atoms with Gasteiger partial charge in [-0.2, -0.15) is 0 Å². The molecule has 10 aromatic carbocycles. The molecular formula is C60H42N2. The third-order valence-corrected chi connectivity index (χ3v) is 12.0. The number of anilines is 3. The standard InChI is InChI=1S/C60H42N2/c1-3-13-43(14-4-1)45-25-29-47(30-26-45)49-33-37-53(38-34-49)61(54-39-35-50(36-40-54)48-31-27-46(28-32-48)44-15-5-2-6-16-44)55-19-11-17-51(41-55)52-18-12-20-56(42-52)62-59-23-9-7-21-57(59)58-22-8-10-24-60(58)62/h1-42H. The Hall–Kier alpha value is -8.20. The number of nitrogens with zero attached hydrogens (tertiary/aromatic N) is 2.